The van der Waals surface area contributed by atoms with Gasteiger partial charge in [-0.1, -0.05) is 29.1 Å². The number of hydrogen-bond donors (Lipinski definition) is 1. The average Bonchev–Trinajstić information content (AvgIpc) is 3.05. The summed E-state index contributed by atoms with van der Waals surface area (Å²) in [6.07, 6.45) is 0. The highest BCUT2D eigenvalue weighted by Gasteiger charge is 2.09. The van der Waals surface area contributed by atoms with Crippen LogP contribution in [0.3, 0.4) is 0 Å². The van der Waals surface area contributed by atoms with E-state index in [9.17, 15) is 4.79 Å². The number of nitrogens with one attached hydrogen (secondary N) is 1. The molecule has 0 radical (unpaired) electrons. The van der Waals surface area contributed by atoms with Crippen molar-refractivity contribution in [3.63, 3.8) is 0 Å². The van der Waals surface area contributed by atoms with Crippen molar-refractivity contribution in [2.75, 3.05) is 18.2 Å². The van der Waals surface area contributed by atoms with Crippen LogP contribution in [0.25, 0.3) is 11.3 Å². The number of aryl methyl sites for hydroxylation is 1. The maximum Gasteiger partial charge on any atom is 0.237 e. The molecule has 0 aliphatic rings. The van der Waals surface area contributed by atoms with Crippen molar-refractivity contribution >= 4 is 23.6 Å². The highest BCUT2D eigenvalue weighted by Crippen LogP contribution is 2.23. The highest BCUT2D eigenvalue weighted by atomic mass is 32.2. The monoisotopic (exact) mass is 356 g/mol. The molecule has 128 valence electrons. The lowest BCUT2D eigenvalue weighted by atomic mass is 10.1. The number of thioether (sulfide) groups is 1. The van der Waals surface area contributed by atoms with E-state index < -0.39 is 0 Å². The number of hydrogen-bond acceptors (Lipinski definition) is 7. The summed E-state index contributed by atoms with van der Waals surface area (Å²) in [5, 5.41) is 15.4. The van der Waals surface area contributed by atoms with Crippen molar-refractivity contribution in [3.05, 3.63) is 48.2 Å². The highest BCUT2D eigenvalue weighted by molar-refractivity contribution is 7.99. The normalized spacial score (nSPS) is 10.5. The summed E-state index contributed by atoms with van der Waals surface area (Å²) < 4.78 is 10.1. The molecule has 2 heterocycles. The number of ether oxygens (including phenoxy) is 1. The van der Waals surface area contributed by atoms with E-state index in [4.69, 9.17) is 9.26 Å². The van der Waals surface area contributed by atoms with Gasteiger partial charge in [0.05, 0.1) is 24.3 Å². The smallest absolute Gasteiger partial charge is 0.237 e. The fourth-order valence-corrected chi connectivity index (χ4v) is 2.68. The molecule has 1 aromatic carbocycles. The van der Waals surface area contributed by atoms with E-state index in [1.807, 2.05) is 36.4 Å². The minimum atomic E-state index is -0.195. The summed E-state index contributed by atoms with van der Waals surface area (Å²) in [5.74, 6) is 1.10. The van der Waals surface area contributed by atoms with Gasteiger partial charge in [-0.15, -0.1) is 10.2 Å². The second-order valence-electron chi connectivity index (χ2n) is 5.16. The van der Waals surface area contributed by atoms with E-state index in [1.165, 1.54) is 11.8 Å². The zero-order valence-corrected chi connectivity index (χ0v) is 14.5. The number of nitrogens with zero attached hydrogens (tertiary/aromatic N) is 3. The minimum absolute atomic E-state index is 0.195. The van der Waals surface area contributed by atoms with Gasteiger partial charge in [0.25, 0.3) is 0 Å². The van der Waals surface area contributed by atoms with E-state index in [0.717, 1.165) is 17.0 Å². The summed E-state index contributed by atoms with van der Waals surface area (Å²) in [6, 6.07) is 12.9. The van der Waals surface area contributed by atoms with Gasteiger partial charge >= 0.3 is 0 Å². The zero-order chi connectivity index (χ0) is 17.6. The van der Waals surface area contributed by atoms with Crippen LogP contribution in [0.2, 0.25) is 0 Å². The van der Waals surface area contributed by atoms with Crippen molar-refractivity contribution in [2.45, 2.75) is 11.9 Å². The Kier molecular flexibility index (Phi) is 5.30. The van der Waals surface area contributed by atoms with Gasteiger partial charge in [-0.2, -0.15) is 0 Å². The second kappa shape index (κ2) is 7.80. The summed E-state index contributed by atoms with van der Waals surface area (Å²) in [5.41, 5.74) is 2.37. The van der Waals surface area contributed by atoms with Crippen molar-refractivity contribution in [3.8, 4) is 17.0 Å². The SMILES string of the molecule is COc1cccc(-c2ccc(SCC(=O)Nc3cc(C)no3)nn2)c1. The molecule has 0 unspecified atom stereocenters. The number of amides is 1. The first-order valence-electron chi connectivity index (χ1n) is 7.48. The zero-order valence-electron chi connectivity index (χ0n) is 13.7. The van der Waals surface area contributed by atoms with Gasteiger partial charge in [0, 0.05) is 11.6 Å². The van der Waals surface area contributed by atoms with Crippen molar-refractivity contribution < 1.29 is 14.1 Å². The van der Waals surface area contributed by atoms with E-state index in [0.29, 0.717) is 16.6 Å². The first-order chi connectivity index (χ1) is 12.1. The predicted octanol–water partition coefficient (Wildman–Crippen LogP) is 3.18. The number of anilines is 1. The fourth-order valence-electron chi connectivity index (χ4n) is 2.07. The maximum absolute atomic E-state index is 11.9. The summed E-state index contributed by atoms with van der Waals surface area (Å²) >= 11 is 1.29. The summed E-state index contributed by atoms with van der Waals surface area (Å²) in [7, 11) is 1.62. The van der Waals surface area contributed by atoms with E-state index in [2.05, 4.69) is 20.7 Å². The molecule has 7 nitrogen and oxygen atoms in total. The van der Waals surface area contributed by atoms with Crippen LogP contribution in [0, 0.1) is 6.92 Å². The lowest BCUT2D eigenvalue weighted by Crippen LogP contribution is -2.13. The Balaban J connectivity index is 1.58. The molecule has 1 amide bonds. The average molecular weight is 356 g/mol. The van der Waals surface area contributed by atoms with Gasteiger partial charge < -0.3 is 9.26 Å². The number of benzene rings is 1. The van der Waals surface area contributed by atoms with Crippen LogP contribution in [-0.2, 0) is 4.79 Å². The number of methoxy groups -OCH3 is 1. The molecule has 0 saturated carbocycles. The Hall–Kier alpha value is -2.87. The minimum Gasteiger partial charge on any atom is -0.497 e. The molecule has 3 aromatic rings. The molecule has 0 aliphatic heterocycles. The number of carbonyl (C=O) groups excluding carboxylic acids is 1. The third-order valence-corrected chi connectivity index (χ3v) is 4.17. The maximum atomic E-state index is 11.9. The van der Waals surface area contributed by atoms with Crippen LogP contribution < -0.4 is 10.1 Å². The Morgan fingerprint density at radius 3 is 2.80 bits per heavy atom. The van der Waals surface area contributed by atoms with Crippen LogP contribution in [0.15, 0.2) is 52.0 Å². The van der Waals surface area contributed by atoms with Crippen molar-refractivity contribution in [1.29, 1.82) is 0 Å². The van der Waals surface area contributed by atoms with Gasteiger partial charge in [0.15, 0.2) is 0 Å². The molecule has 25 heavy (non-hydrogen) atoms. The molecule has 0 fully saturated rings. The predicted molar refractivity (Wildman–Crippen MR) is 94.6 cm³/mol. The van der Waals surface area contributed by atoms with Gasteiger partial charge in [-0.05, 0) is 31.2 Å². The fraction of sp³-hybridized carbons (Fsp3) is 0.176. The van der Waals surface area contributed by atoms with Crippen molar-refractivity contribution in [1.82, 2.24) is 15.4 Å². The van der Waals surface area contributed by atoms with Gasteiger partial charge in [-0.3, -0.25) is 10.1 Å². The summed E-state index contributed by atoms with van der Waals surface area (Å²) in [4.78, 5) is 11.9. The number of aromatic nitrogens is 3. The van der Waals surface area contributed by atoms with Crippen LogP contribution >= 0.6 is 11.8 Å². The molecule has 0 spiro atoms. The molecule has 0 saturated heterocycles. The molecular formula is C17H16N4O3S. The van der Waals surface area contributed by atoms with Gasteiger partial charge in [0.2, 0.25) is 11.8 Å². The van der Waals surface area contributed by atoms with Gasteiger partial charge in [0.1, 0.15) is 10.8 Å². The lowest BCUT2D eigenvalue weighted by molar-refractivity contribution is -0.113. The molecule has 0 aliphatic carbocycles. The third-order valence-electron chi connectivity index (χ3n) is 3.25. The Labute approximate surface area is 148 Å². The van der Waals surface area contributed by atoms with Crippen LogP contribution in [0.5, 0.6) is 5.75 Å². The molecule has 3 rings (SSSR count). The van der Waals surface area contributed by atoms with Crippen LogP contribution in [0.4, 0.5) is 5.88 Å². The Morgan fingerprint density at radius 2 is 2.12 bits per heavy atom. The standard InChI is InChI=1S/C17H16N4O3S/c1-11-8-16(24-21-11)18-15(22)10-25-17-7-6-14(19-20-17)12-4-3-5-13(9-12)23-2/h3-9H,10H2,1-2H3,(H,18,22). The topological polar surface area (TPSA) is 90.1 Å². The molecule has 8 heteroatoms. The summed E-state index contributed by atoms with van der Waals surface area (Å²) in [6.45, 7) is 1.79. The van der Waals surface area contributed by atoms with Crippen molar-refractivity contribution in [2.24, 2.45) is 0 Å². The quantitative estimate of drug-likeness (QED) is 0.678. The first kappa shape index (κ1) is 17.0. The molecule has 0 atom stereocenters. The first-order valence-corrected chi connectivity index (χ1v) is 8.47. The molecule has 1 N–H and O–H groups in total. The molecule has 0 bridgehead atoms. The number of rotatable bonds is 6. The Morgan fingerprint density at radius 1 is 1.24 bits per heavy atom. The number of carbonyl (C=O) groups is 1. The lowest BCUT2D eigenvalue weighted by Gasteiger charge is -2.04. The molecule has 2 aromatic heterocycles. The van der Waals surface area contributed by atoms with E-state index in [-0.39, 0.29) is 11.7 Å². The van der Waals surface area contributed by atoms with Gasteiger partial charge in [-0.25, -0.2) is 0 Å². The van der Waals surface area contributed by atoms with E-state index in [1.54, 1.807) is 20.1 Å². The second-order valence-corrected chi connectivity index (χ2v) is 6.15. The Bertz CT molecular complexity index is 864. The molecular weight excluding hydrogens is 340 g/mol. The van der Waals surface area contributed by atoms with Crippen LogP contribution in [0.1, 0.15) is 5.69 Å². The van der Waals surface area contributed by atoms with E-state index >= 15 is 0 Å². The van der Waals surface area contributed by atoms with Crippen LogP contribution in [-0.4, -0.2) is 34.1 Å². The largest absolute Gasteiger partial charge is 0.497 e. The third kappa shape index (κ3) is 4.57.